The molecule has 1 aliphatic rings. The van der Waals surface area contributed by atoms with Crippen LogP contribution in [0.5, 0.6) is 0 Å². The number of carbonyl (C=O) groups excluding carboxylic acids is 1. The summed E-state index contributed by atoms with van der Waals surface area (Å²) in [5, 5.41) is 64.4. The van der Waals surface area contributed by atoms with E-state index in [0.29, 0.717) is 12.8 Å². The Labute approximate surface area is 327 Å². The highest BCUT2D eigenvalue weighted by Gasteiger charge is 2.44. The quantitative estimate of drug-likeness (QED) is 0.0264. The first-order chi connectivity index (χ1) is 26.3. The number of nitrogens with one attached hydrogen (secondary N) is 1. The first kappa shape index (κ1) is 50.1. The maximum absolute atomic E-state index is 13.0. The standard InChI is InChI=1S/C44H79NO9/c1-3-5-7-9-11-13-15-17-18-19-21-22-24-26-28-30-32-37(47)36(35-53-44-42(51)41(50)40(49)39(34-46)54-44)45-43(52)38(48)33-31-29-27-25-23-20-16-14-12-10-8-6-4-2/h17-18,22-25,30,32,36-42,44,46-51H,3-16,19-21,26-29,31,33-35H2,1-2H3,(H,45,52)/b18-17+,24-22+,25-23-,32-30+. The van der Waals surface area contributed by atoms with Crippen LogP contribution in [0.4, 0.5) is 0 Å². The molecule has 8 unspecified atom stereocenters. The molecule has 7 N–H and O–H groups in total. The molecule has 0 saturated carbocycles. The molecule has 1 fully saturated rings. The Balaban J connectivity index is 2.53. The van der Waals surface area contributed by atoms with Crippen LogP contribution in [0.2, 0.25) is 0 Å². The number of hydrogen-bond acceptors (Lipinski definition) is 9. The molecule has 10 heteroatoms. The van der Waals surface area contributed by atoms with Gasteiger partial charge in [-0.15, -0.1) is 0 Å². The zero-order valence-corrected chi connectivity index (χ0v) is 33.8. The van der Waals surface area contributed by atoms with Crippen molar-refractivity contribution < 1.29 is 44.9 Å². The average Bonchev–Trinajstić information content (AvgIpc) is 3.17. The van der Waals surface area contributed by atoms with Crippen LogP contribution in [0.25, 0.3) is 0 Å². The van der Waals surface area contributed by atoms with E-state index >= 15 is 0 Å². The molecule has 1 aliphatic heterocycles. The summed E-state index contributed by atoms with van der Waals surface area (Å²) in [7, 11) is 0. The van der Waals surface area contributed by atoms with Crippen molar-refractivity contribution in [1.29, 1.82) is 0 Å². The number of ether oxygens (including phenoxy) is 2. The van der Waals surface area contributed by atoms with E-state index in [-0.39, 0.29) is 13.0 Å². The molecule has 1 saturated heterocycles. The van der Waals surface area contributed by atoms with Gasteiger partial charge in [-0.3, -0.25) is 4.79 Å². The Kier molecular flexibility index (Phi) is 31.9. The molecule has 54 heavy (non-hydrogen) atoms. The van der Waals surface area contributed by atoms with E-state index in [9.17, 15) is 35.4 Å². The number of hydrogen-bond donors (Lipinski definition) is 7. The second-order valence-corrected chi connectivity index (χ2v) is 14.9. The van der Waals surface area contributed by atoms with Crippen molar-refractivity contribution in [2.24, 2.45) is 0 Å². The molecule has 1 heterocycles. The predicted octanol–water partition coefficient (Wildman–Crippen LogP) is 7.25. The summed E-state index contributed by atoms with van der Waals surface area (Å²) in [6.45, 7) is 3.53. The van der Waals surface area contributed by atoms with Gasteiger partial charge in [-0.25, -0.2) is 0 Å². The molecule has 0 radical (unpaired) electrons. The lowest BCUT2D eigenvalue weighted by Crippen LogP contribution is -2.60. The average molecular weight is 766 g/mol. The minimum atomic E-state index is -1.62. The van der Waals surface area contributed by atoms with Gasteiger partial charge in [-0.1, -0.05) is 140 Å². The SMILES string of the molecule is CCCCCCCC/C=C/CC/C=C/CC/C=C/C(O)C(COC1OC(CO)C(O)C(O)C1O)NC(=O)C(O)CCCC/C=C\CCCCCCCCC. The van der Waals surface area contributed by atoms with Gasteiger partial charge in [0, 0.05) is 0 Å². The van der Waals surface area contributed by atoms with E-state index in [2.05, 4.69) is 55.6 Å². The van der Waals surface area contributed by atoms with Crippen molar-refractivity contribution in [3.8, 4) is 0 Å². The number of carbonyl (C=O) groups is 1. The van der Waals surface area contributed by atoms with Crippen LogP contribution in [0, 0.1) is 0 Å². The van der Waals surface area contributed by atoms with Crippen molar-refractivity contribution in [3.63, 3.8) is 0 Å². The first-order valence-electron chi connectivity index (χ1n) is 21.5. The van der Waals surface area contributed by atoms with Crippen LogP contribution >= 0.6 is 0 Å². The fraction of sp³-hybridized carbons (Fsp3) is 0.795. The maximum Gasteiger partial charge on any atom is 0.249 e. The minimum Gasteiger partial charge on any atom is -0.394 e. The highest BCUT2D eigenvalue weighted by Crippen LogP contribution is 2.22. The van der Waals surface area contributed by atoms with Gasteiger partial charge in [0.1, 0.15) is 30.5 Å². The van der Waals surface area contributed by atoms with Gasteiger partial charge < -0.3 is 45.4 Å². The summed E-state index contributed by atoms with van der Waals surface area (Å²) in [6.07, 6.45) is 32.0. The Morgan fingerprint density at radius 2 is 1.09 bits per heavy atom. The van der Waals surface area contributed by atoms with Crippen LogP contribution < -0.4 is 5.32 Å². The lowest BCUT2D eigenvalue weighted by Gasteiger charge is -2.40. The summed E-state index contributed by atoms with van der Waals surface area (Å²) in [4.78, 5) is 13.0. The Bertz CT molecular complexity index is 1000. The normalized spacial score (nSPS) is 22.6. The summed E-state index contributed by atoms with van der Waals surface area (Å²) < 4.78 is 11.1. The lowest BCUT2D eigenvalue weighted by atomic mass is 9.99. The highest BCUT2D eigenvalue weighted by atomic mass is 16.7. The number of amides is 1. The third-order valence-corrected chi connectivity index (χ3v) is 9.96. The molecule has 1 amide bonds. The number of allylic oxidation sites excluding steroid dienone is 7. The van der Waals surface area contributed by atoms with Gasteiger partial charge in [0.25, 0.3) is 0 Å². The van der Waals surface area contributed by atoms with E-state index < -0.39 is 61.5 Å². The third-order valence-electron chi connectivity index (χ3n) is 9.96. The summed E-state index contributed by atoms with van der Waals surface area (Å²) >= 11 is 0. The van der Waals surface area contributed by atoms with Crippen molar-refractivity contribution >= 4 is 5.91 Å². The first-order valence-corrected chi connectivity index (χ1v) is 21.5. The minimum absolute atomic E-state index is 0.269. The fourth-order valence-corrected chi connectivity index (χ4v) is 6.36. The molecule has 0 spiro atoms. The zero-order valence-electron chi connectivity index (χ0n) is 33.8. The summed E-state index contributed by atoms with van der Waals surface area (Å²) in [5.74, 6) is -0.650. The van der Waals surface area contributed by atoms with Gasteiger partial charge in [-0.2, -0.15) is 0 Å². The second kappa shape index (κ2) is 34.4. The van der Waals surface area contributed by atoms with Crippen LogP contribution in [0.15, 0.2) is 48.6 Å². The van der Waals surface area contributed by atoms with E-state index in [1.807, 2.05) is 6.08 Å². The second-order valence-electron chi connectivity index (χ2n) is 14.9. The maximum atomic E-state index is 13.0. The Morgan fingerprint density at radius 1 is 0.630 bits per heavy atom. The number of aliphatic hydroxyl groups excluding tert-OH is 6. The number of rotatable bonds is 34. The van der Waals surface area contributed by atoms with Crippen LogP contribution in [-0.2, 0) is 14.3 Å². The monoisotopic (exact) mass is 766 g/mol. The predicted molar refractivity (Wildman–Crippen MR) is 218 cm³/mol. The van der Waals surface area contributed by atoms with Crippen molar-refractivity contribution in [2.75, 3.05) is 13.2 Å². The molecular weight excluding hydrogens is 686 g/mol. The summed E-state index contributed by atoms with van der Waals surface area (Å²) in [6, 6.07) is -1.01. The van der Waals surface area contributed by atoms with E-state index in [1.165, 1.54) is 83.5 Å². The molecule has 0 aromatic heterocycles. The van der Waals surface area contributed by atoms with Crippen molar-refractivity contribution in [1.82, 2.24) is 5.32 Å². The zero-order chi connectivity index (χ0) is 39.7. The summed E-state index contributed by atoms with van der Waals surface area (Å²) in [5.41, 5.74) is 0. The molecule has 0 bridgehead atoms. The lowest BCUT2D eigenvalue weighted by molar-refractivity contribution is -0.302. The highest BCUT2D eigenvalue weighted by molar-refractivity contribution is 5.80. The van der Waals surface area contributed by atoms with Gasteiger partial charge >= 0.3 is 0 Å². The van der Waals surface area contributed by atoms with E-state index in [0.717, 1.165) is 44.9 Å². The van der Waals surface area contributed by atoms with E-state index in [1.54, 1.807) is 6.08 Å². The van der Waals surface area contributed by atoms with Crippen LogP contribution in [-0.4, -0.2) is 98.7 Å². The number of unbranched alkanes of at least 4 members (excludes halogenated alkanes) is 17. The van der Waals surface area contributed by atoms with Crippen LogP contribution in [0.1, 0.15) is 162 Å². The van der Waals surface area contributed by atoms with Gasteiger partial charge in [0.15, 0.2) is 6.29 Å². The fourth-order valence-electron chi connectivity index (χ4n) is 6.36. The largest absolute Gasteiger partial charge is 0.394 e. The van der Waals surface area contributed by atoms with Crippen LogP contribution in [0.3, 0.4) is 0 Å². The molecule has 0 aromatic rings. The van der Waals surface area contributed by atoms with Gasteiger partial charge in [0.2, 0.25) is 5.91 Å². The van der Waals surface area contributed by atoms with Gasteiger partial charge in [-0.05, 0) is 70.6 Å². The molecule has 8 atom stereocenters. The molecule has 0 aliphatic carbocycles. The third kappa shape index (κ3) is 24.6. The smallest absolute Gasteiger partial charge is 0.249 e. The van der Waals surface area contributed by atoms with Gasteiger partial charge in [0.05, 0.1) is 25.4 Å². The molecule has 1 rings (SSSR count). The molecular formula is C44H79NO9. The number of aliphatic hydroxyl groups is 6. The molecule has 10 nitrogen and oxygen atoms in total. The Hall–Kier alpha value is -1.89. The molecule has 314 valence electrons. The molecule has 0 aromatic carbocycles. The topological polar surface area (TPSA) is 169 Å². The Morgan fingerprint density at radius 3 is 1.61 bits per heavy atom. The van der Waals surface area contributed by atoms with E-state index in [4.69, 9.17) is 9.47 Å². The van der Waals surface area contributed by atoms with Crippen molar-refractivity contribution in [2.45, 2.75) is 210 Å². The van der Waals surface area contributed by atoms with Crippen molar-refractivity contribution in [3.05, 3.63) is 48.6 Å².